The number of aromatic nitrogens is 2. The summed E-state index contributed by atoms with van der Waals surface area (Å²) in [5, 5.41) is 3.82. The van der Waals surface area contributed by atoms with E-state index >= 15 is 0 Å². The van der Waals surface area contributed by atoms with Crippen LogP contribution in [0.25, 0.3) is 16.5 Å². The molecule has 0 spiro atoms. The van der Waals surface area contributed by atoms with E-state index in [1.807, 2.05) is 0 Å². The summed E-state index contributed by atoms with van der Waals surface area (Å²) >= 11 is 6.24. The Bertz CT molecular complexity index is 786. The molecule has 2 heterocycles. The monoisotopic (exact) mass is 352 g/mol. The second-order valence-corrected chi connectivity index (χ2v) is 6.60. The van der Waals surface area contributed by atoms with Gasteiger partial charge in [-0.1, -0.05) is 24.6 Å². The fraction of sp³-hybridized carbons (Fsp3) is 0.412. The third-order valence-corrected chi connectivity index (χ3v) is 4.71. The second kappa shape index (κ2) is 6.99. The van der Waals surface area contributed by atoms with Gasteiger partial charge in [0.15, 0.2) is 5.82 Å². The molecule has 1 aromatic carbocycles. The Morgan fingerprint density at radius 3 is 2.96 bits per heavy atom. The zero-order valence-electron chi connectivity index (χ0n) is 13.2. The number of anilines is 1. The molecule has 3 N–H and O–H groups in total. The van der Waals surface area contributed by atoms with E-state index in [1.165, 1.54) is 0 Å². The Hall–Kier alpha value is -1.79. The van der Waals surface area contributed by atoms with Crippen LogP contribution >= 0.6 is 11.6 Å². The van der Waals surface area contributed by atoms with E-state index in [2.05, 4.69) is 21.9 Å². The fourth-order valence-electron chi connectivity index (χ4n) is 3.30. The normalized spacial score (nSPS) is 18.5. The number of nitrogens with one attached hydrogen (secondary N) is 1. The lowest BCUT2D eigenvalue weighted by Gasteiger charge is -2.18. The molecule has 1 atom stereocenters. The lowest BCUT2D eigenvalue weighted by molar-refractivity contribution is 0.491. The van der Waals surface area contributed by atoms with Gasteiger partial charge < -0.3 is 11.1 Å². The van der Waals surface area contributed by atoms with Crippen LogP contribution in [0.2, 0.25) is 5.02 Å². The molecule has 0 saturated carbocycles. The van der Waals surface area contributed by atoms with Crippen LogP contribution in [-0.4, -0.2) is 23.1 Å². The van der Waals surface area contributed by atoms with Gasteiger partial charge in [-0.3, -0.25) is 0 Å². The highest BCUT2D eigenvalue weighted by Crippen LogP contribution is 2.37. The van der Waals surface area contributed by atoms with Crippen LogP contribution in [0.15, 0.2) is 12.6 Å². The molecule has 24 heavy (non-hydrogen) atoms. The van der Waals surface area contributed by atoms with Crippen LogP contribution in [0.4, 0.5) is 14.6 Å². The number of nitrogens with zero attached hydrogens (tertiary/aromatic N) is 2. The quantitative estimate of drug-likeness (QED) is 0.821. The molecule has 1 aromatic heterocycles. The number of nitrogens with two attached hydrogens (primary N) is 1. The Balaban J connectivity index is 2.03. The van der Waals surface area contributed by atoms with Crippen molar-refractivity contribution in [2.75, 3.05) is 18.8 Å². The van der Waals surface area contributed by atoms with E-state index in [1.54, 1.807) is 0 Å². The number of hydrogen-bond donors (Lipinski definition) is 2. The van der Waals surface area contributed by atoms with Crippen molar-refractivity contribution in [3.63, 3.8) is 0 Å². The molecule has 128 valence electrons. The summed E-state index contributed by atoms with van der Waals surface area (Å²) < 4.78 is 27.5. The zero-order valence-corrected chi connectivity index (χ0v) is 14.0. The maximum absolute atomic E-state index is 14.1. The van der Waals surface area contributed by atoms with E-state index < -0.39 is 11.9 Å². The minimum absolute atomic E-state index is 0.131. The Morgan fingerprint density at radius 1 is 1.38 bits per heavy atom. The number of rotatable bonds is 3. The summed E-state index contributed by atoms with van der Waals surface area (Å²) in [6.45, 7) is 6.03. The molecule has 1 aliphatic heterocycles. The predicted octanol–water partition coefficient (Wildman–Crippen LogP) is 3.94. The van der Waals surface area contributed by atoms with Crippen molar-refractivity contribution in [2.24, 2.45) is 5.92 Å². The summed E-state index contributed by atoms with van der Waals surface area (Å²) in [6, 6.07) is 1.13. The molecule has 0 unspecified atom stereocenters. The summed E-state index contributed by atoms with van der Waals surface area (Å²) in [5.74, 6) is -0.441. The van der Waals surface area contributed by atoms with Crippen molar-refractivity contribution in [3.05, 3.63) is 35.1 Å². The average Bonchev–Trinajstić information content (AvgIpc) is 2.77. The van der Waals surface area contributed by atoms with Gasteiger partial charge in [0.05, 0.1) is 10.4 Å². The van der Waals surface area contributed by atoms with E-state index in [0.29, 0.717) is 17.9 Å². The number of halogens is 3. The predicted molar refractivity (Wildman–Crippen MR) is 92.7 cm³/mol. The van der Waals surface area contributed by atoms with Crippen molar-refractivity contribution in [3.8, 4) is 0 Å². The SMILES string of the molecule is C=C(C[C@H]1CCCCNC1)c1c(Cl)cc(F)c2nc(F)nc(N)c12. The number of hydrogen-bond acceptors (Lipinski definition) is 4. The second-order valence-electron chi connectivity index (χ2n) is 6.19. The third-order valence-electron chi connectivity index (χ3n) is 4.42. The molecule has 3 rings (SSSR count). The highest BCUT2D eigenvalue weighted by atomic mass is 35.5. The van der Waals surface area contributed by atoms with Gasteiger partial charge in [-0.15, -0.1) is 0 Å². The maximum atomic E-state index is 14.1. The van der Waals surface area contributed by atoms with Crippen LogP contribution in [0.1, 0.15) is 31.2 Å². The molecular weight excluding hydrogens is 334 g/mol. The first-order chi connectivity index (χ1) is 11.5. The third kappa shape index (κ3) is 3.35. The van der Waals surface area contributed by atoms with Crippen LogP contribution in [-0.2, 0) is 0 Å². The molecule has 0 amide bonds. The molecule has 4 nitrogen and oxygen atoms in total. The average molecular weight is 353 g/mol. The van der Waals surface area contributed by atoms with Gasteiger partial charge in [0.2, 0.25) is 0 Å². The Morgan fingerprint density at radius 2 is 2.17 bits per heavy atom. The molecule has 0 radical (unpaired) electrons. The minimum atomic E-state index is -1.06. The number of fused-ring (bicyclic) bond motifs is 1. The van der Waals surface area contributed by atoms with Gasteiger partial charge in [0.1, 0.15) is 11.3 Å². The van der Waals surface area contributed by atoms with Gasteiger partial charge >= 0.3 is 6.08 Å². The highest BCUT2D eigenvalue weighted by molar-refractivity contribution is 6.34. The lowest BCUT2D eigenvalue weighted by Crippen LogP contribution is -2.20. The van der Waals surface area contributed by atoms with Crippen molar-refractivity contribution >= 4 is 33.9 Å². The Kier molecular flexibility index (Phi) is 4.96. The van der Waals surface area contributed by atoms with Crippen LogP contribution < -0.4 is 11.1 Å². The first kappa shape index (κ1) is 17.0. The number of nitrogen functional groups attached to an aromatic ring is 1. The number of benzene rings is 1. The maximum Gasteiger partial charge on any atom is 0.311 e. The summed E-state index contributed by atoms with van der Waals surface area (Å²) in [4.78, 5) is 7.05. The minimum Gasteiger partial charge on any atom is -0.383 e. The molecule has 0 aliphatic carbocycles. The smallest absolute Gasteiger partial charge is 0.311 e. The highest BCUT2D eigenvalue weighted by Gasteiger charge is 2.21. The summed E-state index contributed by atoms with van der Waals surface area (Å²) in [6.07, 6.45) is 3.03. The van der Waals surface area contributed by atoms with Crippen molar-refractivity contribution in [1.82, 2.24) is 15.3 Å². The zero-order chi connectivity index (χ0) is 17.3. The lowest BCUT2D eigenvalue weighted by atomic mass is 9.90. The van der Waals surface area contributed by atoms with E-state index in [9.17, 15) is 8.78 Å². The molecule has 7 heteroatoms. The number of allylic oxidation sites excluding steroid dienone is 1. The first-order valence-electron chi connectivity index (χ1n) is 7.97. The Labute approximate surface area is 144 Å². The standard InChI is InChI=1S/C17H19ClF2N4/c1-9(6-10-4-2-3-5-22-8-10)13-11(18)7-12(19)15-14(13)16(21)24-17(20)23-15/h7,10,22H,1-6,8H2,(H2,21,23,24)/t10-/m1/s1. The van der Waals surface area contributed by atoms with Crippen molar-refractivity contribution < 1.29 is 8.78 Å². The van der Waals surface area contributed by atoms with Gasteiger partial charge in [-0.05, 0) is 49.9 Å². The topological polar surface area (TPSA) is 63.8 Å². The molecule has 1 saturated heterocycles. The van der Waals surface area contributed by atoms with Gasteiger partial charge in [-0.25, -0.2) is 4.39 Å². The molecule has 0 bridgehead atoms. The summed E-state index contributed by atoms with van der Waals surface area (Å²) in [7, 11) is 0. The van der Waals surface area contributed by atoms with Gasteiger partial charge in [0.25, 0.3) is 0 Å². The molecule has 2 aromatic rings. The molecule has 1 aliphatic rings. The van der Waals surface area contributed by atoms with E-state index in [4.69, 9.17) is 17.3 Å². The summed E-state index contributed by atoms with van der Waals surface area (Å²) in [5.41, 5.74) is 6.90. The van der Waals surface area contributed by atoms with E-state index in [-0.39, 0.29) is 21.7 Å². The van der Waals surface area contributed by atoms with Crippen molar-refractivity contribution in [2.45, 2.75) is 25.7 Å². The van der Waals surface area contributed by atoms with Crippen LogP contribution in [0.3, 0.4) is 0 Å². The van der Waals surface area contributed by atoms with Gasteiger partial charge in [0, 0.05) is 5.56 Å². The first-order valence-corrected chi connectivity index (χ1v) is 8.34. The fourth-order valence-corrected chi connectivity index (χ4v) is 3.63. The van der Waals surface area contributed by atoms with Crippen molar-refractivity contribution in [1.29, 1.82) is 0 Å². The van der Waals surface area contributed by atoms with Crippen LogP contribution in [0, 0.1) is 17.8 Å². The van der Waals surface area contributed by atoms with Crippen LogP contribution in [0.5, 0.6) is 0 Å². The molecule has 1 fully saturated rings. The van der Waals surface area contributed by atoms with E-state index in [0.717, 1.165) is 44.0 Å². The molecular formula is C17H19ClF2N4. The van der Waals surface area contributed by atoms with Gasteiger partial charge in [-0.2, -0.15) is 14.4 Å². The largest absolute Gasteiger partial charge is 0.383 e.